The third-order valence-corrected chi connectivity index (χ3v) is 4.65. The van der Waals surface area contributed by atoms with Crippen molar-refractivity contribution >= 4 is 28.2 Å². The molecule has 0 bridgehead atoms. The maximum absolute atomic E-state index is 13.3. The summed E-state index contributed by atoms with van der Waals surface area (Å²) in [6, 6.07) is 11.0. The van der Waals surface area contributed by atoms with Gasteiger partial charge in [0.25, 0.3) is 5.56 Å². The summed E-state index contributed by atoms with van der Waals surface area (Å²) in [4.78, 5) is 39.7. The highest BCUT2D eigenvalue weighted by Crippen LogP contribution is 2.36. The number of hydrogen-bond donors (Lipinski definition) is 1. The Morgan fingerprint density at radius 1 is 0.964 bits per heavy atom. The van der Waals surface area contributed by atoms with Crippen molar-refractivity contribution in [2.24, 2.45) is 0 Å². The van der Waals surface area contributed by atoms with Crippen LogP contribution in [0.5, 0.6) is 0 Å². The molecule has 0 aliphatic carbocycles. The predicted molar refractivity (Wildman–Crippen MR) is 97.0 cm³/mol. The molecule has 3 aromatic rings. The molecule has 1 amide bonds. The van der Waals surface area contributed by atoms with Crippen LogP contribution in [0.1, 0.15) is 12.0 Å². The first-order valence-electron chi connectivity index (χ1n) is 8.40. The quantitative estimate of drug-likeness (QED) is 0.685. The third kappa shape index (κ3) is 3.06. The van der Waals surface area contributed by atoms with Crippen LogP contribution in [0.2, 0.25) is 0 Å². The van der Waals surface area contributed by atoms with Crippen molar-refractivity contribution in [2.45, 2.75) is 12.6 Å². The van der Waals surface area contributed by atoms with E-state index >= 15 is 0 Å². The molecule has 0 spiro atoms. The number of benzene rings is 2. The number of aromatic nitrogens is 1. The lowest BCUT2D eigenvalue weighted by atomic mass is 10.0. The van der Waals surface area contributed by atoms with E-state index in [2.05, 4.69) is 4.98 Å². The van der Waals surface area contributed by atoms with Gasteiger partial charge in [0.2, 0.25) is 5.91 Å². The van der Waals surface area contributed by atoms with Gasteiger partial charge in [-0.25, -0.2) is 0 Å². The highest BCUT2D eigenvalue weighted by molar-refractivity contribution is 6.15. The molecule has 1 fully saturated rings. The highest BCUT2D eigenvalue weighted by atomic mass is 19.4. The summed E-state index contributed by atoms with van der Waals surface area (Å²) < 4.78 is 39.9. The van der Waals surface area contributed by atoms with Crippen LogP contribution in [0.4, 0.5) is 18.9 Å². The standard InChI is InChI=1S/C20H13F3N2O3/c21-20(22,23)16-4-2-1-3-14(16)17-7-11-5-6-12(8-15(11)19(28)24-17)25-10-13(26)9-18(25)27/h1-8H,9-10H2,(H,24,28). The fraction of sp³-hybridized carbons (Fsp3) is 0.150. The molecule has 142 valence electrons. The molecule has 1 saturated heterocycles. The fourth-order valence-corrected chi connectivity index (χ4v) is 3.35. The van der Waals surface area contributed by atoms with Gasteiger partial charge in [0.15, 0.2) is 5.78 Å². The van der Waals surface area contributed by atoms with Crippen molar-refractivity contribution in [1.82, 2.24) is 4.98 Å². The second kappa shape index (κ2) is 6.33. The van der Waals surface area contributed by atoms with Crippen LogP contribution >= 0.6 is 0 Å². The molecule has 1 aliphatic rings. The monoisotopic (exact) mass is 386 g/mol. The first-order valence-corrected chi connectivity index (χ1v) is 8.40. The number of carbonyl (C=O) groups excluding carboxylic acids is 2. The lowest BCUT2D eigenvalue weighted by Gasteiger charge is -2.16. The zero-order valence-corrected chi connectivity index (χ0v) is 14.3. The third-order valence-electron chi connectivity index (χ3n) is 4.65. The zero-order valence-electron chi connectivity index (χ0n) is 14.3. The smallest absolute Gasteiger partial charge is 0.321 e. The SMILES string of the molecule is O=C1CC(=O)N(c2ccc3cc(-c4ccccc4C(F)(F)F)[nH]c(=O)c3c2)C1. The Morgan fingerprint density at radius 2 is 1.71 bits per heavy atom. The molecule has 4 rings (SSSR count). The lowest BCUT2D eigenvalue weighted by Crippen LogP contribution is -2.24. The molecule has 28 heavy (non-hydrogen) atoms. The van der Waals surface area contributed by atoms with Crippen LogP contribution in [0.15, 0.2) is 53.3 Å². The van der Waals surface area contributed by atoms with Crippen LogP contribution in [-0.4, -0.2) is 23.2 Å². The van der Waals surface area contributed by atoms with E-state index in [1.165, 1.54) is 35.2 Å². The van der Waals surface area contributed by atoms with E-state index < -0.39 is 17.3 Å². The topological polar surface area (TPSA) is 70.2 Å². The number of nitrogens with one attached hydrogen (secondary N) is 1. The maximum atomic E-state index is 13.3. The van der Waals surface area contributed by atoms with Crippen LogP contribution in [0.25, 0.3) is 22.0 Å². The molecular formula is C20H13F3N2O3. The van der Waals surface area contributed by atoms with E-state index in [0.717, 1.165) is 6.07 Å². The Kier molecular flexibility index (Phi) is 4.06. The van der Waals surface area contributed by atoms with E-state index in [0.29, 0.717) is 11.1 Å². The number of H-pyrrole nitrogens is 1. The molecule has 1 aliphatic heterocycles. The normalized spacial score (nSPS) is 14.9. The number of hydrogen-bond acceptors (Lipinski definition) is 3. The Labute approximate surface area is 156 Å². The summed E-state index contributed by atoms with van der Waals surface area (Å²) in [5, 5.41) is 0.648. The largest absolute Gasteiger partial charge is 0.417 e. The number of Topliss-reactive ketones (excluding diaryl/α,β-unsaturated/α-hetero) is 1. The van der Waals surface area contributed by atoms with Gasteiger partial charge in [-0.05, 0) is 29.7 Å². The van der Waals surface area contributed by atoms with Crippen LogP contribution in [0.3, 0.4) is 0 Å². The number of ketones is 1. The number of aromatic amines is 1. The second-order valence-corrected chi connectivity index (χ2v) is 6.52. The predicted octanol–water partition coefficient (Wildman–Crippen LogP) is 3.52. The molecule has 1 N–H and O–H groups in total. The van der Waals surface area contributed by atoms with Crippen molar-refractivity contribution in [1.29, 1.82) is 0 Å². The number of halogens is 3. The van der Waals surface area contributed by atoms with Crippen LogP contribution in [-0.2, 0) is 15.8 Å². The van der Waals surface area contributed by atoms with Crippen LogP contribution in [0, 0.1) is 0 Å². The van der Waals surface area contributed by atoms with Gasteiger partial charge in [-0.1, -0.05) is 24.3 Å². The van der Waals surface area contributed by atoms with Gasteiger partial charge in [0.05, 0.1) is 18.5 Å². The molecule has 0 unspecified atom stereocenters. The minimum absolute atomic E-state index is 0.0469. The van der Waals surface area contributed by atoms with E-state index in [1.807, 2.05) is 0 Å². The lowest BCUT2D eigenvalue weighted by molar-refractivity contribution is -0.137. The molecular weight excluding hydrogens is 373 g/mol. The maximum Gasteiger partial charge on any atom is 0.417 e. The van der Waals surface area contributed by atoms with Gasteiger partial charge in [0.1, 0.15) is 0 Å². The highest BCUT2D eigenvalue weighted by Gasteiger charge is 2.33. The first kappa shape index (κ1) is 18.0. The number of nitrogens with zero attached hydrogens (tertiary/aromatic N) is 1. The van der Waals surface area contributed by atoms with Crippen molar-refractivity contribution in [3.63, 3.8) is 0 Å². The van der Waals surface area contributed by atoms with E-state index in [1.54, 1.807) is 12.1 Å². The Morgan fingerprint density at radius 3 is 2.39 bits per heavy atom. The molecule has 0 saturated carbocycles. The number of rotatable bonds is 2. The average molecular weight is 386 g/mol. The average Bonchev–Trinajstić information content (AvgIpc) is 2.99. The van der Waals surface area contributed by atoms with Crippen molar-refractivity contribution in [3.05, 3.63) is 64.4 Å². The summed E-state index contributed by atoms with van der Waals surface area (Å²) in [5.74, 6) is -0.561. The van der Waals surface area contributed by atoms with E-state index in [4.69, 9.17) is 0 Å². The number of alkyl halides is 3. The van der Waals surface area contributed by atoms with Gasteiger partial charge < -0.3 is 9.88 Å². The van der Waals surface area contributed by atoms with Crippen molar-refractivity contribution in [2.75, 3.05) is 11.4 Å². The number of pyridine rings is 1. The van der Waals surface area contributed by atoms with Gasteiger partial charge in [-0.15, -0.1) is 0 Å². The van der Waals surface area contributed by atoms with E-state index in [9.17, 15) is 27.6 Å². The van der Waals surface area contributed by atoms with Gasteiger partial charge in [-0.2, -0.15) is 13.2 Å². The Bertz CT molecular complexity index is 1180. The first-order chi connectivity index (χ1) is 13.2. The van der Waals surface area contributed by atoms with Crippen molar-refractivity contribution < 1.29 is 22.8 Å². The summed E-state index contributed by atoms with van der Waals surface area (Å²) in [6.07, 6.45) is -4.74. The van der Waals surface area contributed by atoms with Gasteiger partial charge >= 0.3 is 6.18 Å². The molecule has 0 atom stereocenters. The molecule has 1 aromatic heterocycles. The number of fused-ring (bicyclic) bond motifs is 1. The second-order valence-electron chi connectivity index (χ2n) is 6.52. The van der Waals surface area contributed by atoms with E-state index in [-0.39, 0.29) is 41.3 Å². The fourth-order valence-electron chi connectivity index (χ4n) is 3.35. The number of amides is 1. The molecule has 5 nitrogen and oxygen atoms in total. The summed E-state index contributed by atoms with van der Waals surface area (Å²) >= 11 is 0. The van der Waals surface area contributed by atoms with Gasteiger partial charge in [0, 0.05) is 22.3 Å². The van der Waals surface area contributed by atoms with Crippen molar-refractivity contribution in [3.8, 4) is 11.3 Å². The molecule has 8 heteroatoms. The zero-order chi connectivity index (χ0) is 20.1. The minimum Gasteiger partial charge on any atom is -0.321 e. The Hall–Kier alpha value is -3.42. The summed E-state index contributed by atoms with van der Waals surface area (Å²) in [7, 11) is 0. The van der Waals surface area contributed by atoms with Gasteiger partial charge in [-0.3, -0.25) is 14.4 Å². The summed E-state index contributed by atoms with van der Waals surface area (Å²) in [6.45, 7) is -0.0563. The number of carbonyl (C=O) groups is 2. The summed E-state index contributed by atoms with van der Waals surface area (Å²) in [5.41, 5.74) is -1.10. The number of anilines is 1. The van der Waals surface area contributed by atoms with Crippen LogP contribution < -0.4 is 10.5 Å². The molecule has 0 radical (unpaired) electrons. The minimum atomic E-state index is -4.56. The molecule has 2 heterocycles. The Balaban J connectivity index is 1.83. The molecule has 2 aromatic carbocycles.